The van der Waals surface area contributed by atoms with Gasteiger partial charge in [-0.2, -0.15) is 0 Å². The van der Waals surface area contributed by atoms with Crippen molar-refractivity contribution in [3.05, 3.63) is 29.8 Å². The lowest BCUT2D eigenvalue weighted by Crippen LogP contribution is -2.47. The fourth-order valence-corrected chi connectivity index (χ4v) is 3.35. The molecular weight excluding hydrogens is 240 g/mol. The molecule has 1 aromatic rings. The summed E-state index contributed by atoms with van der Waals surface area (Å²) in [6.07, 6.45) is 1.20. The lowest BCUT2D eigenvalue weighted by molar-refractivity contribution is 0.190. The monoisotopic (exact) mass is 264 g/mol. The summed E-state index contributed by atoms with van der Waals surface area (Å²) in [7, 11) is 4.28. The van der Waals surface area contributed by atoms with Crippen LogP contribution in [-0.2, 0) is 6.42 Å². The molecule has 0 spiro atoms. The van der Waals surface area contributed by atoms with E-state index in [0.717, 1.165) is 13.1 Å². The zero-order valence-electron chi connectivity index (χ0n) is 11.9. The Morgan fingerprint density at radius 3 is 2.72 bits per heavy atom. The van der Waals surface area contributed by atoms with Gasteiger partial charge < -0.3 is 10.2 Å². The smallest absolute Gasteiger partial charge is 0.0271 e. The van der Waals surface area contributed by atoms with Crippen molar-refractivity contribution in [2.45, 2.75) is 36.0 Å². The van der Waals surface area contributed by atoms with Crippen molar-refractivity contribution in [3.63, 3.8) is 0 Å². The highest BCUT2D eigenvalue weighted by atomic mass is 32.2. The van der Waals surface area contributed by atoms with Crippen LogP contribution in [0, 0.1) is 0 Å². The maximum atomic E-state index is 3.62. The van der Waals surface area contributed by atoms with Gasteiger partial charge in [-0.25, -0.2) is 0 Å². The topological polar surface area (TPSA) is 15.3 Å². The molecule has 1 aromatic carbocycles. The van der Waals surface area contributed by atoms with Gasteiger partial charge in [-0.05, 0) is 46.0 Å². The largest absolute Gasteiger partial charge is 0.314 e. The molecule has 0 fully saturated rings. The average Bonchev–Trinajstić information content (AvgIpc) is 2.70. The van der Waals surface area contributed by atoms with Gasteiger partial charge in [0.2, 0.25) is 0 Å². The number of thioether (sulfide) groups is 1. The van der Waals surface area contributed by atoms with E-state index in [-0.39, 0.29) is 5.54 Å². The molecule has 0 aromatic heterocycles. The number of nitrogens with zero attached hydrogens (tertiary/aromatic N) is 1. The summed E-state index contributed by atoms with van der Waals surface area (Å²) >= 11 is 2.02. The van der Waals surface area contributed by atoms with Crippen LogP contribution >= 0.6 is 11.8 Å². The quantitative estimate of drug-likeness (QED) is 0.880. The molecule has 3 heteroatoms. The molecule has 1 atom stereocenters. The van der Waals surface area contributed by atoms with E-state index < -0.39 is 0 Å². The van der Waals surface area contributed by atoms with E-state index in [4.69, 9.17) is 0 Å². The number of hydrogen-bond acceptors (Lipinski definition) is 3. The first-order chi connectivity index (χ1) is 8.49. The van der Waals surface area contributed by atoms with Gasteiger partial charge in [0.25, 0.3) is 0 Å². The van der Waals surface area contributed by atoms with E-state index in [2.05, 4.69) is 62.4 Å². The van der Waals surface area contributed by atoms with Crippen molar-refractivity contribution in [2.75, 3.05) is 27.2 Å². The van der Waals surface area contributed by atoms with Crippen LogP contribution in [0.4, 0.5) is 0 Å². The van der Waals surface area contributed by atoms with Gasteiger partial charge in [0.15, 0.2) is 0 Å². The number of rotatable bonds is 5. The molecule has 1 N–H and O–H groups in total. The van der Waals surface area contributed by atoms with E-state index in [1.807, 2.05) is 11.8 Å². The van der Waals surface area contributed by atoms with Crippen LogP contribution in [0.15, 0.2) is 29.2 Å². The van der Waals surface area contributed by atoms with Crippen LogP contribution in [0.25, 0.3) is 0 Å². The van der Waals surface area contributed by atoms with Gasteiger partial charge in [-0.1, -0.05) is 18.2 Å². The third-order valence-corrected chi connectivity index (χ3v) is 5.17. The van der Waals surface area contributed by atoms with Crippen LogP contribution in [-0.4, -0.2) is 42.9 Å². The molecule has 0 saturated carbocycles. The van der Waals surface area contributed by atoms with Crippen LogP contribution in [0.1, 0.15) is 19.4 Å². The van der Waals surface area contributed by atoms with E-state index >= 15 is 0 Å². The highest BCUT2D eigenvalue weighted by Crippen LogP contribution is 2.36. The number of nitrogens with one attached hydrogen (secondary N) is 1. The highest BCUT2D eigenvalue weighted by molar-refractivity contribution is 8.00. The second-order valence-corrected chi connectivity index (χ2v) is 7.23. The van der Waals surface area contributed by atoms with E-state index in [0.29, 0.717) is 5.25 Å². The first kappa shape index (κ1) is 13.9. The summed E-state index contributed by atoms with van der Waals surface area (Å²) in [5, 5.41) is 4.32. The molecule has 1 heterocycles. The molecule has 1 unspecified atom stereocenters. The Morgan fingerprint density at radius 2 is 2.06 bits per heavy atom. The van der Waals surface area contributed by atoms with Gasteiger partial charge in [0, 0.05) is 28.8 Å². The van der Waals surface area contributed by atoms with Crippen molar-refractivity contribution in [2.24, 2.45) is 0 Å². The third-order valence-electron chi connectivity index (χ3n) is 3.85. The molecule has 0 amide bonds. The lowest BCUT2D eigenvalue weighted by Gasteiger charge is -2.33. The van der Waals surface area contributed by atoms with Crippen LogP contribution < -0.4 is 5.32 Å². The van der Waals surface area contributed by atoms with E-state index in [1.54, 1.807) is 0 Å². The molecule has 2 rings (SSSR count). The molecule has 0 radical (unpaired) electrons. The highest BCUT2D eigenvalue weighted by Gasteiger charge is 2.23. The van der Waals surface area contributed by atoms with Gasteiger partial charge in [-0.15, -0.1) is 11.8 Å². The zero-order valence-corrected chi connectivity index (χ0v) is 12.7. The average molecular weight is 264 g/mol. The SMILES string of the molecule is CN(C)C(C)(C)CNCC1Cc2ccccc2S1. The molecule has 0 bridgehead atoms. The molecule has 0 aliphatic carbocycles. The normalized spacial score (nSPS) is 19.3. The predicted molar refractivity (Wildman–Crippen MR) is 80.4 cm³/mol. The summed E-state index contributed by atoms with van der Waals surface area (Å²) in [6, 6.07) is 8.77. The molecule has 1 aliphatic rings. The molecular formula is C15H24N2S. The van der Waals surface area contributed by atoms with Crippen molar-refractivity contribution in [3.8, 4) is 0 Å². The van der Waals surface area contributed by atoms with Gasteiger partial charge in [0.1, 0.15) is 0 Å². The number of benzene rings is 1. The predicted octanol–water partition coefficient (Wildman–Crippen LogP) is 2.63. The summed E-state index contributed by atoms with van der Waals surface area (Å²) < 4.78 is 0. The number of likely N-dealkylation sites (N-methyl/N-ethyl adjacent to an activating group) is 1. The van der Waals surface area contributed by atoms with Crippen LogP contribution in [0.3, 0.4) is 0 Å². The number of hydrogen-bond donors (Lipinski definition) is 1. The van der Waals surface area contributed by atoms with Crippen LogP contribution in [0.2, 0.25) is 0 Å². The van der Waals surface area contributed by atoms with Gasteiger partial charge in [-0.3, -0.25) is 0 Å². The molecule has 18 heavy (non-hydrogen) atoms. The first-order valence-corrected chi connectivity index (χ1v) is 7.50. The minimum atomic E-state index is 0.218. The maximum Gasteiger partial charge on any atom is 0.0271 e. The third kappa shape index (κ3) is 3.28. The minimum absolute atomic E-state index is 0.218. The Morgan fingerprint density at radius 1 is 1.33 bits per heavy atom. The van der Waals surface area contributed by atoms with E-state index in [1.165, 1.54) is 16.9 Å². The van der Waals surface area contributed by atoms with E-state index in [9.17, 15) is 0 Å². The minimum Gasteiger partial charge on any atom is -0.314 e. The fraction of sp³-hybridized carbons (Fsp3) is 0.600. The Balaban J connectivity index is 1.78. The summed E-state index contributed by atoms with van der Waals surface area (Å²) in [4.78, 5) is 3.74. The second-order valence-electron chi connectivity index (χ2n) is 5.89. The van der Waals surface area contributed by atoms with Crippen molar-refractivity contribution < 1.29 is 0 Å². The molecule has 0 saturated heterocycles. The van der Waals surface area contributed by atoms with Gasteiger partial charge in [0.05, 0.1) is 0 Å². The first-order valence-electron chi connectivity index (χ1n) is 6.62. The molecule has 100 valence electrons. The Labute approximate surface area is 115 Å². The zero-order chi connectivity index (χ0) is 13.2. The lowest BCUT2D eigenvalue weighted by atomic mass is 10.0. The van der Waals surface area contributed by atoms with Crippen molar-refractivity contribution in [1.82, 2.24) is 10.2 Å². The summed E-state index contributed by atoms with van der Waals surface area (Å²) in [5.41, 5.74) is 1.73. The molecule has 2 nitrogen and oxygen atoms in total. The summed E-state index contributed by atoms with van der Waals surface area (Å²) in [5.74, 6) is 0. The fourth-order valence-electron chi connectivity index (χ4n) is 2.06. The number of fused-ring (bicyclic) bond motifs is 1. The Bertz CT molecular complexity index is 376. The van der Waals surface area contributed by atoms with Crippen molar-refractivity contribution >= 4 is 11.8 Å². The standard InChI is InChI=1S/C15H24N2S/c1-15(2,17(3)4)11-16-10-13-9-12-7-5-6-8-14(12)18-13/h5-8,13,16H,9-11H2,1-4H3. The summed E-state index contributed by atoms with van der Waals surface area (Å²) in [6.45, 7) is 6.68. The Hall–Kier alpha value is -0.510. The second kappa shape index (κ2) is 5.64. The van der Waals surface area contributed by atoms with Gasteiger partial charge >= 0.3 is 0 Å². The maximum absolute atomic E-state index is 3.62. The van der Waals surface area contributed by atoms with Crippen LogP contribution in [0.5, 0.6) is 0 Å². The molecule has 1 aliphatic heterocycles. The van der Waals surface area contributed by atoms with Crippen molar-refractivity contribution in [1.29, 1.82) is 0 Å². The Kier molecular flexibility index (Phi) is 4.36.